The van der Waals surface area contributed by atoms with Crippen molar-refractivity contribution < 1.29 is 13.2 Å². The third kappa shape index (κ3) is 5.64. The fourth-order valence-electron chi connectivity index (χ4n) is 4.64. The van der Waals surface area contributed by atoms with Gasteiger partial charge in [-0.15, -0.1) is 11.3 Å². The van der Waals surface area contributed by atoms with Crippen LogP contribution in [0.2, 0.25) is 0 Å². The van der Waals surface area contributed by atoms with Crippen molar-refractivity contribution in [3.05, 3.63) is 85.6 Å². The Morgan fingerprint density at radius 2 is 1.74 bits per heavy atom. The summed E-state index contributed by atoms with van der Waals surface area (Å²) in [7, 11) is -3.26. The van der Waals surface area contributed by atoms with Crippen LogP contribution in [0.3, 0.4) is 0 Å². The number of benzene rings is 2. The van der Waals surface area contributed by atoms with E-state index >= 15 is 0 Å². The van der Waals surface area contributed by atoms with Gasteiger partial charge in [-0.3, -0.25) is 9.69 Å². The van der Waals surface area contributed by atoms with Gasteiger partial charge in [0.2, 0.25) is 0 Å². The summed E-state index contributed by atoms with van der Waals surface area (Å²) in [5.41, 5.74) is 6.38. The minimum absolute atomic E-state index is 0.0225. The highest BCUT2D eigenvalue weighted by atomic mass is 32.2. The quantitative estimate of drug-likeness (QED) is 0.483. The molecule has 1 aliphatic rings. The summed E-state index contributed by atoms with van der Waals surface area (Å²) in [4.78, 5) is 17.5. The Balaban J connectivity index is 1.45. The van der Waals surface area contributed by atoms with Gasteiger partial charge in [-0.2, -0.15) is 5.26 Å². The van der Waals surface area contributed by atoms with Crippen molar-refractivity contribution >= 4 is 27.0 Å². The van der Waals surface area contributed by atoms with E-state index in [1.807, 2.05) is 0 Å². The third-order valence-electron chi connectivity index (χ3n) is 6.12. The molecule has 0 aliphatic carbocycles. The Bertz CT molecular complexity index is 1360. The summed E-state index contributed by atoms with van der Waals surface area (Å²) in [6.07, 6.45) is 2.43. The molecular formula is C27H28N2O3S2. The highest BCUT2D eigenvalue weighted by molar-refractivity contribution is 7.90. The summed E-state index contributed by atoms with van der Waals surface area (Å²) in [6.45, 7) is 6.80. The SMILES string of the molecule is Cc1cc(C)cc(CN2CCc3c(sc(CC(=O)Cc4ccc(S(C)(=O)=O)cc4)c3C#N)C2)c1. The maximum absolute atomic E-state index is 12.8. The molecule has 5 nitrogen and oxygen atoms in total. The maximum Gasteiger partial charge on any atom is 0.175 e. The van der Waals surface area contributed by atoms with Crippen LogP contribution in [0.4, 0.5) is 0 Å². The van der Waals surface area contributed by atoms with Crippen LogP contribution in [-0.2, 0) is 47.0 Å². The molecule has 0 radical (unpaired) electrons. The standard InChI is InChI=1S/C27H28N2O3S2/c1-18-10-19(2)12-21(11-18)16-29-9-8-24-25(15-28)26(33-27(24)17-29)14-22(30)13-20-4-6-23(7-5-20)34(3,31)32/h4-7,10-12H,8-9,13-14,16-17H2,1-3H3. The van der Waals surface area contributed by atoms with Gasteiger partial charge in [-0.1, -0.05) is 41.5 Å². The summed E-state index contributed by atoms with van der Waals surface area (Å²) in [6, 6.07) is 15.4. The van der Waals surface area contributed by atoms with Gasteiger partial charge in [-0.05, 0) is 49.1 Å². The van der Waals surface area contributed by atoms with E-state index in [0.29, 0.717) is 5.56 Å². The van der Waals surface area contributed by atoms with E-state index in [4.69, 9.17) is 0 Å². The van der Waals surface area contributed by atoms with Crippen molar-refractivity contribution in [3.63, 3.8) is 0 Å². The molecule has 0 bridgehead atoms. The second-order valence-electron chi connectivity index (χ2n) is 9.18. The van der Waals surface area contributed by atoms with Crippen molar-refractivity contribution in [1.29, 1.82) is 5.26 Å². The van der Waals surface area contributed by atoms with Gasteiger partial charge >= 0.3 is 0 Å². The zero-order chi connectivity index (χ0) is 24.5. The van der Waals surface area contributed by atoms with Gasteiger partial charge in [0.25, 0.3) is 0 Å². The van der Waals surface area contributed by atoms with E-state index in [-0.39, 0.29) is 23.5 Å². The second-order valence-corrected chi connectivity index (χ2v) is 12.4. The van der Waals surface area contributed by atoms with Crippen LogP contribution < -0.4 is 0 Å². The van der Waals surface area contributed by atoms with Gasteiger partial charge in [0.1, 0.15) is 11.9 Å². The normalized spacial score (nSPS) is 13.9. The minimum Gasteiger partial charge on any atom is -0.299 e. The third-order valence-corrected chi connectivity index (χ3v) is 8.46. The number of nitriles is 1. The summed E-state index contributed by atoms with van der Waals surface area (Å²) in [5.74, 6) is 0.0225. The van der Waals surface area contributed by atoms with Crippen LogP contribution in [-0.4, -0.2) is 31.9 Å². The second kappa shape index (κ2) is 9.83. The molecule has 0 spiro atoms. The monoisotopic (exact) mass is 492 g/mol. The predicted molar refractivity (Wildman–Crippen MR) is 135 cm³/mol. The zero-order valence-corrected chi connectivity index (χ0v) is 21.4. The Labute approximate surface area is 205 Å². The fraction of sp³-hybridized carbons (Fsp3) is 0.333. The number of carbonyl (C=O) groups is 1. The van der Waals surface area contributed by atoms with E-state index in [0.717, 1.165) is 48.3 Å². The minimum atomic E-state index is -3.26. The molecule has 2 aromatic carbocycles. The molecule has 2 heterocycles. The van der Waals surface area contributed by atoms with Crippen molar-refractivity contribution in [2.24, 2.45) is 0 Å². The van der Waals surface area contributed by atoms with Gasteiger partial charge in [-0.25, -0.2) is 8.42 Å². The van der Waals surface area contributed by atoms with Crippen molar-refractivity contribution in [1.82, 2.24) is 4.90 Å². The van der Waals surface area contributed by atoms with Crippen LogP contribution in [0.1, 0.15) is 43.1 Å². The molecule has 0 amide bonds. The first kappa shape index (κ1) is 24.3. The molecule has 0 atom stereocenters. The Morgan fingerprint density at radius 3 is 2.35 bits per heavy atom. The summed E-state index contributed by atoms with van der Waals surface area (Å²) >= 11 is 1.59. The van der Waals surface area contributed by atoms with Gasteiger partial charge < -0.3 is 0 Å². The number of rotatable bonds is 7. The molecule has 1 aliphatic heterocycles. The Morgan fingerprint density at radius 1 is 1.06 bits per heavy atom. The lowest BCUT2D eigenvalue weighted by Gasteiger charge is -2.27. The lowest BCUT2D eigenvalue weighted by atomic mass is 9.99. The van der Waals surface area contributed by atoms with Gasteiger partial charge in [0.05, 0.1) is 10.5 Å². The maximum atomic E-state index is 12.8. The van der Waals surface area contributed by atoms with E-state index in [1.54, 1.807) is 23.5 Å². The summed E-state index contributed by atoms with van der Waals surface area (Å²) < 4.78 is 23.3. The number of nitrogens with zero attached hydrogens (tertiary/aromatic N) is 2. The first-order valence-electron chi connectivity index (χ1n) is 11.3. The molecule has 1 aromatic heterocycles. The van der Waals surface area contributed by atoms with E-state index in [1.165, 1.54) is 33.7 Å². The molecule has 0 saturated carbocycles. The smallest absolute Gasteiger partial charge is 0.175 e. The molecule has 0 N–H and O–H groups in total. The van der Waals surface area contributed by atoms with Gasteiger partial charge in [0.15, 0.2) is 9.84 Å². The number of hydrogen-bond donors (Lipinski definition) is 0. The van der Waals surface area contributed by atoms with E-state index < -0.39 is 9.84 Å². The van der Waals surface area contributed by atoms with E-state index in [9.17, 15) is 18.5 Å². The van der Waals surface area contributed by atoms with Crippen molar-refractivity contribution in [2.45, 2.75) is 51.1 Å². The molecule has 0 fully saturated rings. The van der Waals surface area contributed by atoms with Crippen LogP contribution >= 0.6 is 11.3 Å². The largest absolute Gasteiger partial charge is 0.299 e. The lowest BCUT2D eigenvalue weighted by molar-refractivity contribution is -0.117. The van der Waals surface area contributed by atoms with Crippen LogP contribution in [0.5, 0.6) is 0 Å². The molecule has 7 heteroatoms. The lowest BCUT2D eigenvalue weighted by Crippen LogP contribution is -2.29. The zero-order valence-electron chi connectivity index (χ0n) is 19.7. The molecule has 0 saturated heterocycles. The van der Waals surface area contributed by atoms with Crippen LogP contribution in [0.15, 0.2) is 47.4 Å². The molecule has 34 heavy (non-hydrogen) atoms. The highest BCUT2D eigenvalue weighted by Gasteiger charge is 2.25. The fourth-order valence-corrected chi connectivity index (χ4v) is 6.65. The first-order valence-corrected chi connectivity index (χ1v) is 14.0. The number of thiophene rings is 1. The average molecular weight is 493 g/mol. The highest BCUT2D eigenvalue weighted by Crippen LogP contribution is 2.34. The molecule has 3 aromatic rings. The Hall–Kier alpha value is -2.79. The van der Waals surface area contributed by atoms with E-state index in [2.05, 4.69) is 43.0 Å². The van der Waals surface area contributed by atoms with Crippen molar-refractivity contribution in [2.75, 3.05) is 12.8 Å². The number of ketones is 1. The Kier molecular flexibility index (Phi) is 7.04. The number of sulfone groups is 1. The topological polar surface area (TPSA) is 78.2 Å². The van der Waals surface area contributed by atoms with Crippen LogP contribution in [0.25, 0.3) is 0 Å². The summed E-state index contributed by atoms with van der Waals surface area (Å²) in [5, 5.41) is 9.81. The average Bonchev–Trinajstić information content (AvgIpc) is 3.08. The molecule has 0 unspecified atom stereocenters. The number of aryl methyl sites for hydroxylation is 2. The predicted octanol–water partition coefficient (Wildman–Crippen LogP) is 4.55. The van der Waals surface area contributed by atoms with Gasteiger partial charge in [0, 0.05) is 48.5 Å². The van der Waals surface area contributed by atoms with Crippen molar-refractivity contribution in [3.8, 4) is 6.07 Å². The number of hydrogen-bond acceptors (Lipinski definition) is 6. The molecule has 176 valence electrons. The molecule has 4 rings (SSSR count). The number of fused-ring (bicyclic) bond motifs is 1. The number of Topliss-reactive ketones (excluding diaryl/α,β-unsaturated/α-hetero) is 1. The first-order chi connectivity index (χ1) is 16.1. The number of carbonyl (C=O) groups excluding carboxylic acids is 1. The molecular weight excluding hydrogens is 464 g/mol. The van der Waals surface area contributed by atoms with Crippen LogP contribution in [0, 0.1) is 25.2 Å².